The van der Waals surface area contributed by atoms with Crippen LogP contribution >= 0.6 is 0 Å². The van der Waals surface area contributed by atoms with E-state index in [1.54, 1.807) is 5.57 Å². The molecule has 0 aromatic carbocycles. The average molecular weight is 248 g/mol. The Hall–Kier alpha value is -0.520. The molecule has 3 unspecified atom stereocenters. The molecule has 0 aliphatic heterocycles. The Morgan fingerprint density at radius 2 is 1.67 bits per heavy atom. The molecule has 1 aliphatic rings. The molecule has 0 bridgehead atoms. The fraction of sp³-hybridized carbons (Fsp3) is 0.778. The van der Waals surface area contributed by atoms with Gasteiger partial charge in [0, 0.05) is 0 Å². The summed E-state index contributed by atoms with van der Waals surface area (Å²) in [5.74, 6) is 2.93. The molecule has 104 valence electrons. The van der Waals surface area contributed by atoms with Gasteiger partial charge < -0.3 is 0 Å². The lowest BCUT2D eigenvalue weighted by Crippen LogP contribution is -2.15. The van der Waals surface area contributed by atoms with E-state index < -0.39 is 0 Å². The number of hydrogen-bond acceptors (Lipinski definition) is 0. The van der Waals surface area contributed by atoms with E-state index in [1.807, 2.05) is 0 Å². The van der Waals surface area contributed by atoms with Crippen LogP contribution < -0.4 is 0 Å². The van der Waals surface area contributed by atoms with Crippen molar-refractivity contribution in [2.75, 3.05) is 0 Å². The van der Waals surface area contributed by atoms with Crippen LogP contribution in [0.5, 0.6) is 0 Å². The molecule has 0 heteroatoms. The predicted octanol–water partition coefficient (Wildman–Crippen LogP) is 5.85. The summed E-state index contributed by atoms with van der Waals surface area (Å²) in [4.78, 5) is 0. The monoisotopic (exact) mass is 248 g/mol. The van der Waals surface area contributed by atoms with Gasteiger partial charge in [-0.2, -0.15) is 0 Å². The molecule has 0 nitrogen and oxygen atoms in total. The average Bonchev–Trinajstić information content (AvgIpc) is 2.84. The van der Waals surface area contributed by atoms with Crippen molar-refractivity contribution < 1.29 is 0 Å². The second-order valence-electron chi connectivity index (χ2n) is 7.53. The molecule has 0 radical (unpaired) electrons. The Balaban J connectivity index is 2.51. The van der Waals surface area contributed by atoms with Gasteiger partial charge in [-0.1, -0.05) is 72.3 Å². The summed E-state index contributed by atoms with van der Waals surface area (Å²) < 4.78 is 0. The van der Waals surface area contributed by atoms with Gasteiger partial charge in [-0.05, 0) is 41.9 Å². The summed E-state index contributed by atoms with van der Waals surface area (Å²) in [6, 6.07) is 0. The largest absolute Gasteiger partial charge is 0.0956 e. The highest BCUT2D eigenvalue weighted by Crippen LogP contribution is 2.51. The zero-order valence-corrected chi connectivity index (χ0v) is 13.5. The molecule has 0 aromatic heterocycles. The van der Waals surface area contributed by atoms with E-state index >= 15 is 0 Å². The summed E-state index contributed by atoms with van der Waals surface area (Å²) in [6.45, 7) is 20.7. The van der Waals surface area contributed by atoms with Gasteiger partial charge >= 0.3 is 0 Å². The highest BCUT2D eigenvalue weighted by molar-refractivity contribution is 5.37. The van der Waals surface area contributed by atoms with Gasteiger partial charge in [0.1, 0.15) is 0 Å². The van der Waals surface area contributed by atoms with Crippen LogP contribution in [0.3, 0.4) is 0 Å². The Morgan fingerprint density at radius 3 is 2.06 bits per heavy atom. The van der Waals surface area contributed by atoms with E-state index in [4.69, 9.17) is 0 Å². The molecular weight excluding hydrogens is 216 g/mol. The summed E-state index contributed by atoms with van der Waals surface area (Å²) in [7, 11) is 0. The van der Waals surface area contributed by atoms with E-state index in [-0.39, 0.29) is 0 Å². The normalized spacial score (nSPS) is 25.0. The predicted molar refractivity (Wildman–Crippen MR) is 82.6 cm³/mol. The third-order valence-corrected chi connectivity index (χ3v) is 5.06. The summed E-state index contributed by atoms with van der Waals surface area (Å²) in [5, 5.41) is 0. The zero-order chi connectivity index (χ0) is 14.1. The topological polar surface area (TPSA) is 0 Å². The number of hydrogen-bond donors (Lipinski definition) is 0. The van der Waals surface area contributed by atoms with Gasteiger partial charge in [0.25, 0.3) is 0 Å². The quantitative estimate of drug-likeness (QED) is 0.553. The number of allylic oxidation sites excluding steroid dienone is 3. The Labute approximate surface area is 115 Å². The van der Waals surface area contributed by atoms with E-state index in [9.17, 15) is 0 Å². The second-order valence-corrected chi connectivity index (χ2v) is 7.53. The van der Waals surface area contributed by atoms with Gasteiger partial charge in [-0.25, -0.2) is 0 Å². The van der Waals surface area contributed by atoms with Crippen molar-refractivity contribution >= 4 is 0 Å². The first-order chi connectivity index (χ1) is 8.15. The van der Waals surface area contributed by atoms with Crippen molar-refractivity contribution in [3.05, 3.63) is 23.8 Å². The molecule has 1 rings (SSSR count). The third-order valence-electron chi connectivity index (χ3n) is 5.06. The Bertz CT molecular complexity index is 330. The van der Waals surface area contributed by atoms with Crippen molar-refractivity contribution in [3.8, 4) is 0 Å². The van der Waals surface area contributed by atoms with Crippen molar-refractivity contribution in [3.63, 3.8) is 0 Å². The second kappa shape index (κ2) is 5.63. The van der Waals surface area contributed by atoms with Gasteiger partial charge in [-0.15, -0.1) is 0 Å². The smallest absolute Gasteiger partial charge is 0.0104 e. The maximum absolute atomic E-state index is 4.30. The summed E-state index contributed by atoms with van der Waals surface area (Å²) in [6.07, 6.45) is 4.93. The fourth-order valence-corrected chi connectivity index (χ4v) is 2.46. The molecule has 0 aromatic rings. The maximum atomic E-state index is 4.30. The molecule has 0 N–H and O–H groups in total. The van der Waals surface area contributed by atoms with Crippen LogP contribution in [0.1, 0.15) is 61.3 Å². The first kappa shape index (κ1) is 15.5. The molecule has 1 saturated carbocycles. The standard InChI is InChI=1S/C18H32/c1-12(2)13(3)9-14(4)16(6)15(5)10-17-11-18(17,7)8/h10,12-14,16H,5,9,11H2,1-4,6-8H3. The van der Waals surface area contributed by atoms with E-state index in [2.05, 4.69) is 61.1 Å². The first-order valence-electron chi connectivity index (χ1n) is 7.55. The van der Waals surface area contributed by atoms with E-state index in [0.29, 0.717) is 11.3 Å². The fourth-order valence-electron chi connectivity index (χ4n) is 2.46. The van der Waals surface area contributed by atoms with Crippen LogP contribution in [-0.4, -0.2) is 0 Å². The lowest BCUT2D eigenvalue weighted by atomic mass is 9.80. The minimum Gasteiger partial charge on any atom is -0.0956 e. The zero-order valence-electron chi connectivity index (χ0n) is 13.5. The van der Waals surface area contributed by atoms with E-state index in [0.717, 1.165) is 17.8 Å². The van der Waals surface area contributed by atoms with Crippen molar-refractivity contribution in [2.45, 2.75) is 61.3 Å². The number of rotatable bonds is 6. The molecular formula is C18H32. The van der Waals surface area contributed by atoms with Crippen LogP contribution in [-0.2, 0) is 0 Å². The van der Waals surface area contributed by atoms with Gasteiger partial charge in [0.2, 0.25) is 0 Å². The van der Waals surface area contributed by atoms with Crippen molar-refractivity contribution in [1.82, 2.24) is 0 Å². The highest BCUT2D eigenvalue weighted by atomic mass is 14.4. The van der Waals surface area contributed by atoms with Crippen LogP contribution in [0.2, 0.25) is 0 Å². The minimum atomic E-state index is 0.455. The Kier molecular flexibility index (Phi) is 4.86. The summed E-state index contributed by atoms with van der Waals surface area (Å²) in [5.41, 5.74) is 3.37. The molecule has 0 amide bonds. The SMILES string of the molecule is C=C(C=C1CC1(C)C)C(C)C(C)CC(C)C(C)C. The van der Waals surface area contributed by atoms with Crippen LogP contribution in [0.25, 0.3) is 0 Å². The first-order valence-corrected chi connectivity index (χ1v) is 7.55. The molecule has 0 spiro atoms. The maximum Gasteiger partial charge on any atom is -0.0104 e. The highest BCUT2D eigenvalue weighted by Gasteiger charge is 2.38. The Morgan fingerprint density at radius 1 is 1.17 bits per heavy atom. The minimum absolute atomic E-state index is 0.455. The molecule has 1 aliphatic carbocycles. The molecule has 18 heavy (non-hydrogen) atoms. The summed E-state index contributed by atoms with van der Waals surface area (Å²) >= 11 is 0. The van der Waals surface area contributed by atoms with Crippen molar-refractivity contribution in [2.24, 2.45) is 29.1 Å². The molecule has 0 heterocycles. The van der Waals surface area contributed by atoms with E-state index in [1.165, 1.54) is 18.4 Å². The molecule has 3 atom stereocenters. The van der Waals surface area contributed by atoms with Crippen LogP contribution in [0.15, 0.2) is 23.8 Å². The molecule has 1 fully saturated rings. The molecule has 0 saturated heterocycles. The van der Waals surface area contributed by atoms with Gasteiger partial charge in [0.05, 0.1) is 0 Å². The lowest BCUT2D eigenvalue weighted by molar-refractivity contribution is 0.294. The van der Waals surface area contributed by atoms with Gasteiger partial charge in [-0.3, -0.25) is 0 Å². The van der Waals surface area contributed by atoms with Crippen LogP contribution in [0.4, 0.5) is 0 Å². The van der Waals surface area contributed by atoms with Crippen molar-refractivity contribution in [1.29, 1.82) is 0 Å². The van der Waals surface area contributed by atoms with Crippen LogP contribution in [0, 0.1) is 29.1 Å². The third kappa shape index (κ3) is 4.00. The van der Waals surface area contributed by atoms with Gasteiger partial charge in [0.15, 0.2) is 0 Å². The lowest BCUT2D eigenvalue weighted by Gasteiger charge is -2.25.